The molecule has 0 saturated heterocycles. The van der Waals surface area contributed by atoms with Gasteiger partial charge < -0.3 is 19.3 Å². The molecule has 2 N–H and O–H groups in total. The number of hydrogen-bond donors (Lipinski definition) is 2. The highest BCUT2D eigenvalue weighted by Gasteiger charge is 2.23. The van der Waals surface area contributed by atoms with E-state index in [1.54, 1.807) is 12.1 Å². The topological polar surface area (TPSA) is 93.1 Å². The summed E-state index contributed by atoms with van der Waals surface area (Å²) < 4.78 is 21.4. The number of benzene rings is 2. The lowest BCUT2D eigenvalue weighted by Gasteiger charge is -2.11. The molecule has 2 rings (SSSR count). The highest BCUT2D eigenvalue weighted by Crippen LogP contribution is 2.37. The quantitative estimate of drug-likeness (QED) is 0.507. The Morgan fingerprint density at radius 3 is 2.48 bits per heavy atom. The molecule has 0 aliphatic carbocycles. The van der Waals surface area contributed by atoms with E-state index in [1.165, 1.54) is 43.5 Å². The van der Waals surface area contributed by atoms with Crippen molar-refractivity contribution >= 4 is 18.9 Å². The molecule has 2 aromatic carbocycles. The fourth-order valence-corrected chi connectivity index (χ4v) is 2.38. The van der Waals surface area contributed by atoms with E-state index in [2.05, 4.69) is 0 Å². The molecule has 110 valence electrons. The first-order valence-electron chi connectivity index (χ1n) is 5.93. The predicted octanol–water partition coefficient (Wildman–Crippen LogP) is 1.72. The molecule has 6 nitrogen and oxygen atoms in total. The van der Waals surface area contributed by atoms with Crippen LogP contribution in [-0.4, -0.2) is 22.9 Å². The van der Waals surface area contributed by atoms with Gasteiger partial charge in [-0.15, -0.1) is 0 Å². The second-order valence-corrected chi connectivity index (χ2v) is 5.70. The van der Waals surface area contributed by atoms with Crippen molar-refractivity contribution in [3.8, 4) is 11.5 Å². The molecular weight excluding hydrogens is 295 g/mol. The second kappa shape index (κ2) is 6.10. The summed E-state index contributed by atoms with van der Waals surface area (Å²) in [6, 6.07) is 11.8. The molecule has 0 heterocycles. The van der Waals surface area contributed by atoms with E-state index in [0.29, 0.717) is 5.75 Å². The predicted molar refractivity (Wildman–Crippen MR) is 76.1 cm³/mol. The van der Waals surface area contributed by atoms with Crippen molar-refractivity contribution < 1.29 is 28.6 Å². The van der Waals surface area contributed by atoms with E-state index in [0.717, 1.165) is 0 Å². The first kappa shape index (κ1) is 15.3. The normalized spacial score (nSPS) is 11.0. The van der Waals surface area contributed by atoms with Crippen LogP contribution in [-0.2, 0) is 4.57 Å². The highest BCUT2D eigenvalue weighted by atomic mass is 31.2. The fraction of sp³-hybridized carbons (Fsp3) is 0.0714. The Morgan fingerprint density at radius 1 is 1.10 bits per heavy atom. The number of rotatable bonds is 4. The minimum atomic E-state index is -4.52. The van der Waals surface area contributed by atoms with E-state index in [1.807, 2.05) is 0 Å². The summed E-state index contributed by atoms with van der Waals surface area (Å²) in [5, 5.41) is -0.332. The van der Waals surface area contributed by atoms with Gasteiger partial charge in [-0.05, 0) is 30.3 Å². The maximum atomic E-state index is 12.0. The zero-order valence-electron chi connectivity index (χ0n) is 11.1. The van der Waals surface area contributed by atoms with Gasteiger partial charge in [0.05, 0.1) is 12.7 Å². The minimum absolute atomic E-state index is 0.168. The van der Waals surface area contributed by atoms with Crippen molar-refractivity contribution in [3.63, 3.8) is 0 Å². The molecule has 0 amide bonds. The summed E-state index contributed by atoms with van der Waals surface area (Å²) in [6.07, 6.45) is 0. The standard InChI is InChI=1S/C14H13O6P/c1-19-11-6-4-5-10(9-11)14(15)20-12-7-2-3-8-13(12)21(16,17)18/h2-9H,1H3,(H2,16,17,18). The molecule has 0 radical (unpaired) electrons. The fourth-order valence-electron chi connectivity index (χ4n) is 1.69. The highest BCUT2D eigenvalue weighted by molar-refractivity contribution is 7.60. The van der Waals surface area contributed by atoms with Crippen LogP contribution in [0.1, 0.15) is 10.4 Å². The van der Waals surface area contributed by atoms with Gasteiger partial charge in [0.2, 0.25) is 0 Å². The molecule has 0 bridgehead atoms. The van der Waals surface area contributed by atoms with Crippen molar-refractivity contribution in [1.29, 1.82) is 0 Å². The van der Waals surface area contributed by atoms with Gasteiger partial charge in [-0.25, -0.2) is 4.79 Å². The Hall–Kier alpha value is -2.14. The maximum Gasteiger partial charge on any atom is 0.359 e. The average Bonchev–Trinajstić information content (AvgIpc) is 2.46. The lowest BCUT2D eigenvalue weighted by molar-refractivity contribution is 0.0736. The van der Waals surface area contributed by atoms with Crippen LogP contribution in [0, 0.1) is 0 Å². The smallest absolute Gasteiger partial charge is 0.359 e. The third-order valence-electron chi connectivity index (χ3n) is 2.69. The van der Waals surface area contributed by atoms with E-state index >= 15 is 0 Å². The number of carbonyl (C=O) groups is 1. The molecule has 2 aromatic rings. The van der Waals surface area contributed by atoms with Gasteiger partial charge in [0.25, 0.3) is 0 Å². The molecule has 0 aliphatic heterocycles. The number of carbonyl (C=O) groups excluding carboxylic acids is 1. The Kier molecular flexibility index (Phi) is 4.43. The number of ether oxygens (including phenoxy) is 2. The Morgan fingerprint density at radius 2 is 1.81 bits per heavy atom. The van der Waals surface area contributed by atoms with Gasteiger partial charge in [-0.3, -0.25) is 4.57 Å². The molecule has 0 aliphatic rings. The first-order valence-corrected chi connectivity index (χ1v) is 7.54. The number of hydrogen-bond acceptors (Lipinski definition) is 4. The summed E-state index contributed by atoms with van der Waals surface area (Å²) >= 11 is 0. The number of methoxy groups -OCH3 is 1. The van der Waals surface area contributed by atoms with Gasteiger partial charge in [0.15, 0.2) is 0 Å². The number of esters is 1. The third kappa shape index (κ3) is 3.70. The summed E-state index contributed by atoms with van der Waals surface area (Å²) in [6.45, 7) is 0. The van der Waals surface area contributed by atoms with Crippen LogP contribution in [0.15, 0.2) is 48.5 Å². The van der Waals surface area contributed by atoms with Gasteiger partial charge in [-0.1, -0.05) is 18.2 Å². The van der Waals surface area contributed by atoms with E-state index < -0.39 is 13.6 Å². The molecule has 0 aromatic heterocycles. The van der Waals surface area contributed by atoms with E-state index in [-0.39, 0.29) is 16.6 Å². The van der Waals surface area contributed by atoms with Crippen LogP contribution < -0.4 is 14.8 Å². The molecule has 0 fully saturated rings. The lowest BCUT2D eigenvalue weighted by atomic mass is 10.2. The molecule has 0 unspecified atom stereocenters. The Balaban J connectivity index is 2.30. The Labute approximate surface area is 121 Å². The average molecular weight is 308 g/mol. The third-order valence-corrected chi connectivity index (χ3v) is 3.68. The molecular formula is C14H13O6P. The maximum absolute atomic E-state index is 12.0. The van der Waals surface area contributed by atoms with Crippen molar-refractivity contribution in [2.24, 2.45) is 0 Å². The monoisotopic (exact) mass is 308 g/mol. The zero-order valence-corrected chi connectivity index (χ0v) is 12.0. The van der Waals surface area contributed by atoms with Crippen LogP contribution in [0.3, 0.4) is 0 Å². The molecule has 0 saturated carbocycles. The van der Waals surface area contributed by atoms with Gasteiger partial charge in [0, 0.05) is 0 Å². The first-order chi connectivity index (χ1) is 9.91. The van der Waals surface area contributed by atoms with Gasteiger partial charge >= 0.3 is 13.6 Å². The summed E-state index contributed by atoms with van der Waals surface area (Å²) in [4.78, 5) is 30.5. The summed E-state index contributed by atoms with van der Waals surface area (Å²) in [5.41, 5.74) is 0.217. The minimum Gasteiger partial charge on any atom is -0.497 e. The number of para-hydroxylation sites is 1. The second-order valence-electron chi connectivity index (χ2n) is 4.13. The van der Waals surface area contributed by atoms with E-state index in [9.17, 15) is 19.1 Å². The lowest BCUT2D eigenvalue weighted by Crippen LogP contribution is -2.15. The molecule has 0 atom stereocenters. The molecule has 0 spiro atoms. The largest absolute Gasteiger partial charge is 0.497 e. The van der Waals surface area contributed by atoms with Crippen LogP contribution in [0.5, 0.6) is 11.5 Å². The SMILES string of the molecule is COc1cccc(C(=O)Oc2ccccc2P(=O)(O)O)c1. The van der Waals surface area contributed by atoms with Gasteiger partial charge in [0.1, 0.15) is 16.8 Å². The van der Waals surface area contributed by atoms with E-state index in [4.69, 9.17) is 9.47 Å². The molecule has 21 heavy (non-hydrogen) atoms. The van der Waals surface area contributed by atoms with Gasteiger partial charge in [-0.2, -0.15) is 0 Å². The summed E-state index contributed by atoms with van der Waals surface area (Å²) in [5.74, 6) is -0.416. The van der Waals surface area contributed by atoms with Crippen molar-refractivity contribution in [1.82, 2.24) is 0 Å². The van der Waals surface area contributed by atoms with Crippen LogP contribution >= 0.6 is 7.60 Å². The molecule has 7 heteroatoms. The van der Waals surface area contributed by atoms with Crippen molar-refractivity contribution in [3.05, 3.63) is 54.1 Å². The van der Waals surface area contributed by atoms with Crippen molar-refractivity contribution in [2.45, 2.75) is 0 Å². The summed E-state index contributed by atoms with van der Waals surface area (Å²) in [7, 11) is -3.05. The Bertz CT molecular complexity index is 706. The van der Waals surface area contributed by atoms with Crippen LogP contribution in [0.2, 0.25) is 0 Å². The van der Waals surface area contributed by atoms with Crippen LogP contribution in [0.25, 0.3) is 0 Å². The van der Waals surface area contributed by atoms with Crippen LogP contribution in [0.4, 0.5) is 0 Å². The van der Waals surface area contributed by atoms with Crippen molar-refractivity contribution in [2.75, 3.05) is 7.11 Å². The zero-order chi connectivity index (χ0) is 15.5.